The molecule has 64 heavy (non-hydrogen) atoms. The van der Waals surface area contributed by atoms with Crippen molar-refractivity contribution < 1.29 is 42.6 Å². The molecule has 336 valence electrons. The lowest BCUT2D eigenvalue weighted by molar-refractivity contribution is -0.299. The van der Waals surface area contributed by atoms with Gasteiger partial charge in [0.15, 0.2) is 12.3 Å². The molecule has 2 aliphatic rings. The molecule has 5 atom stereocenters. The minimum atomic E-state index is -2.34. The van der Waals surface area contributed by atoms with Gasteiger partial charge in [0.2, 0.25) is 5.79 Å². The molecular weight excluding hydrogens is 838 g/mol. The molecule has 16 heteroatoms. The van der Waals surface area contributed by atoms with Crippen molar-refractivity contribution in [2.24, 2.45) is 0 Å². The Morgan fingerprint density at radius 3 is 2.03 bits per heavy atom. The minimum Gasteiger partial charge on any atom is -0.497 e. The van der Waals surface area contributed by atoms with Crippen molar-refractivity contribution in [2.45, 2.75) is 82.4 Å². The van der Waals surface area contributed by atoms with Gasteiger partial charge in [0.1, 0.15) is 28.5 Å². The van der Waals surface area contributed by atoms with Gasteiger partial charge in [-0.05, 0) is 87.7 Å². The van der Waals surface area contributed by atoms with Gasteiger partial charge in [0, 0.05) is 29.4 Å². The molecule has 0 aliphatic carbocycles. The van der Waals surface area contributed by atoms with Crippen LogP contribution in [0, 0.1) is 18.3 Å². The van der Waals surface area contributed by atoms with E-state index in [0.717, 1.165) is 4.57 Å². The van der Waals surface area contributed by atoms with E-state index in [9.17, 15) is 20.0 Å². The highest BCUT2D eigenvalue weighted by molar-refractivity contribution is 7.44. The van der Waals surface area contributed by atoms with Gasteiger partial charge in [0.05, 0.1) is 46.5 Å². The lowest BCUT2D eigenvalue weighted by atomic mass is 9.79. The summed E-state index contributed by atoms with van der Waals surface area (Å²) < 4.78 is 48.4. The third-order valence-electron chi connectivity index (χ3n) is 11.3. The van der Waals surface area contributed by atoms with Crippen LogP contribution >= 0.6 is 8.53 Å². The Labute approximate surface area is 374 Å². The number of aryl methyl sites for hydroxylation is 1. The summed E-state index contributed by atoms with van der Waals surface area (Å²) in [5.74, 6) is -1.51. The monoisotopic (exact) mass is 891 g/mol. The smallest absolute Gasteiger partial charge is 0.351 e. The first-order chi connectivity index (χ1) is 30.8. The maximum atomic E-state index is 14.2. The van der Waals surface area contributed by atoms with Crippen LogP contribution in [0.25, 0.3) is 0 Å². The summed E-state index contributed by atoms with van der Waals surface area (Å²) in [7, 11) is 1.36. The number of carbonyl (C=O) groups is 1. The molecule has 4 aromatic carbocycles. The molecule has 1 amide bonds. The lowest BCUT2D eigenvalue weighted by Crippen LogP contribution is -2.53. The summed E-state index contributed by atoms with van der Waals surface area (Å²) in [6.45, 7) is 9.48. The first kappa shape index (κ1) is 46.5. The first-order valence-corrected chi connectivity index (χ1v) is 22.2. The van der Waals surface area contributed by atoms with Crippen LogP contribution in [0.4, 0.5) is 5.82 Å². The number of nitriles is 1. The molecule has 1 unspecified atom stereocenters. The van der Waals surface area contributed by atoms with Crippen LogP contribution in [-0.4, -0.2) is 88.9 Å². The number of carbonyl (C=O) groups excluding carboxylic acids is 1. The van der Waals surface area contributed by atoms with E-state index in [2.05, 4.69) is 21.0 Å². The van der Waals surface area contributed by atoms with Gasteiger partial charge in [-0.25, -0.2) is 9.46 Å². The largest absolute Gasteiger partial charge is 0.497 e. The van der Waals surface area contributed by atoms with E-state index in [0.29, 0.717) is 39.3 Å². The number of amides is 1. The normalized spacial score (nSPS) is 21.0. The summed E-state index contributed by atoms with van der Waals surface area (Å²) in [5.41, 5.74) is -1.05. The van der Waals surface area contributed by atoms with Gasteiger partial charge in [-0.1, -0.05) is 72.8 Å². The van der Waals surface area contributed by atoms with Crippen molar-refractivity contribution in [1.82, 2.24) is 14.2 Å². The predicted molar refractivity (Wildman–Crippen MR) is 240 cm³/mol. The van der Waals surface area contributed by atoms with E-state index < -0.39 is 49.4 Å². The average Bonchev–Trinajstić information content (AvgIpc) is 3.71. The molecule has 0 spiro atoms. The highest BCUT2D eigenvalue weighted by Gasteiger charge is 2.74. The molecule has 2 N–H and O–H groups in total. The second-order valence-corrected chi connectivity index (χ2v) is 17.6. The van der Waals surface area contributed by atoms with Gasteiger partial charge >= 0.3 is 5.69 Å². The number of anilines is 1. The third kappa shape index (κ3) is 9.06. The number of nitrogens with one attached hydrogen (secondary N) is 1. The molecule has 15 nitrogen and oxygen atoms in total. The molecule has 0 saturated carbocycles. The molecule has 2 bridgehead atoms. The number of aliphatic hydroxyl groups is 1. The Balaban J connectivity index is 1.38. The van der Waals surface area contributed by atoms with Crippen LogP contribution in [0.3, 0.4) is 0 Å². The number of hydrogen-bond acceptors (Lipinski definition) is 13. The topological polar surface area (TPSA) is 176 Å². The molecule has 7 rings (SSSR count). The molecule has 1 aromatic heterocycles. The van der Waals surface area contributed by atoms with Crippen LogP contribution in [0.15, 0.2) is 120 Å². The zero-order valence-corrected chi connectivity index (χ0v) is 37.9. The highest BCUT2D eigenvalue weighted by Crippen LogP contribution is 2.58. The van der Waals surface area contributed by atoms with Crippen molar-refractivity contribution in [3.8, 4) is 17.6 Å². The maximum Gasteiger partial charge on any atom is 0.351 e. The second-order valence-electron chi connectivity index (χ2n) is 16.2. The van der Waals surface area contributed by atoms with Crippen LogP contribution < -0.4 is 20.5 Å². The summed E-state index contributed by atoms with van der Waals surface area (Å²) in [6, 6.07) is 35.1. The lowest BCUT2D eigenvalue weighted by Gasteiger charge is -2.42. The fourth-order valence-electron chi connectivity index (χ4n) is 8.28. The zero-order valence-electron chi connectivity index (χ0n) is 37.0. The van der Waals surface area contributed by atoms with Gasteiger partial charge in [-0.15, -0.1) is 0 Å². The molecular formula is C48H54N5O10P. The molecule has 5 aromatic rings. The van der Waals surface area contributed by atoms with Gasteiger partial charge < -0.3 is 43.2 Å². The second kappa shape index (κ2) is 19.7. The SMILES string of the molecule is COc1ccc(C(O[C@@H]2[C@]3(COP(OCCC#N)N(C(C)C)C(C)C)CO[C@]2(O)[C@H](n2cc(C)c(NC(=O)c4ccccc4)nc2=O)O3)(c2ccccc2)c2ccc(OC)cc2)cc1. The Morgan fingerprint density at radius 2 is 1.48 bits per heavy atom. The van der Waals surface area contributed by atoms with Crippen molar-refractivity contribution in [2.75, 3.05) is 39.4 Å². The van der Waals surface area contributed by atoms with E-state index in [-0.39, 0.29) is 44.1 Å². The van der Waals surface area contributed by atoms with Crippen LogP contribution in [0.1, 0.15) is 73.0 Å². The fourth-order valence-corrected chi connectivity index (χ4v) is 9.95. The van der Waals surface area contributed by atoms with E-state index in [1.807, 2.05) is 107 Å². The van der Waals surface area contributed by atoms with E-state index >= 15 is 0 Å². The number of aromatic nitrogens is 2. The fraction of sp³-hybridized carbons (Fsp3) is 0.375. The van der Waals surface area contributed by atoms with E-state index in [1.165, 1.54) is 6.20 Å². The molecule has 2 saturated heterocycles. The van der Waals surface area contributed by atoms with Crippen molar-refractivity contribution in [1.29, 1.82) is 5.26 Å². The standard InChI is InChI=1S/C48H54N5O10P/c1-32(2)53(33(3)4)64(60-28-14-27-49)61-31-46-30-59-48(56,44(63-46)52-29-34(5)41(51-45(52)55)50-42(54)35-15-10-8-11-16-35)43(46)62-47(36-17-12-9-13-18-36,37-19-23-39(57-6)24-20-37)38-21-25-40(58-7)26-22-38/h8-13,15-26,29,32-33,43-44,56H,14,28,30-31H2,1-7H3,(H,50,51,54,55)/t43-,44-,46-,48+,64?/m1/s1. The maximum absolute atomic E-state index is 14.2. The number of ether oxygens (including phenoxy) is 5. The Hall–Kier alpha value is -5.53. The van der Waals surface area contributed by atoms with Crippen LogP contribution in [0.5, 0.6) is 11.5 Å². The first-order valence-electron chi connectivity index (χ1n) is 21.0. The van der Waals surface area contributed by atoms with Crippen molar-refractivity contribution >= 4 is 20.3 Å². The number of hydrogen-bond donors (Lipinski definition) is 2. The van der Waals surface area contributed by atoms with Crippen LogP contribution in [-0.2, 0) is 28.9 Å². The summed E-state index contributed by atoms with van der Waals surface area (Å²) >= 11 is 0. The molecule has 2 fully saturated rings. The molecule has 3 heterocycles. The number of rotatable bonds is 19. The Bertz CT molecular complexity index is 2410. The molecule has 0 radical (unpaired) electrons. The summed E-state index contributed by atoms with van der Waals surface area (Å²) in [5, 5.41) is 25.3. The van der Waals surface area contributed by atoms with Crippen molar-refractivity contribution in [3.63, 3.8) is 0 Å². The van der Waals surface area contributed by atoms with Gasteiger partial charge in [-0.2, -0.15) is 10.2 Å². The van der Waals surface area contributed by atoms with Gasteiger partial charge in [-0.3, -0.25) is 9.36 Å². The number of fused-ring (bicyclic) bond motifs is 2. The van der Waals surface area contributed by atoms with E-state index in [1.54, 1.807) is 51.5 Å². The molecule has 2 aliphatic heterocycles. The minimum absolute atomic E-state index is 0.0175. The quantitative estimate of drug-likeness (QED) is 0.0475. The summed E-state index contributed by atoms with van der Waals surface area (Å²) in [4.78, 5) is 31.6. The average molecular weight is 892 g/mol. The van der Waals surface area contributed by atoms with Crippen LogP contribution in [0.2, 0.25) is 0 Å². The highest BCUT2D eigenvalue weighted by atomic mass is 31.2. The van der Waals surface area contributed by atoms with E-state index in [4.69, 9.17) is 32.7 Å². The number of benzene rings is 4. The zero-order chi connectivity index (χ0) is 45.6. The Morgan fingerprint density at radius 1 is 0.922 bits per heavy atom. The third-order valence-corrected chi connectivity index (χ3v) is 13.4. The van der Waals surface area contributed by atoms with Crippen molar-refractivity contribution in [3.05, 3.63) is 154 Å². The number of methoxy groups -OCH3 is 2. The summed E-state index contributed by atoms with van der Waals surface area (Å²) in [6.07, 6.45) is -1.29. The van der Waals surface area contributed by atoms with Gasteiger partial charge in [0.25, 0.3) is 14.4 Å². The number of nitrogens with zero attached hydrogens (tertiary/aromatic N) is 4. The Kier molecular flexibility index (Phi) is 14.3. The predicted octanol–water partition coefficient (Wildman–Crippen LogP) is 7.48.